The molecule has 0 unspecified atom stereocenters. The molecular formula is C24H27ClN4O3S2. The molecule has 180 valence electrons. The van der Waals surface area contributed by atoms with Crippen LogP contribution in [0.4, 0.5) is 5.13 Å². The van der Waals surface area contributed by atoms with Crippen molar-refractivity contribution in [3.8, 4) is 0 Å². The normalized spacial score (nSPS) is 17.1. The summed E-state index contributed by atoms with van der Waals surface area (Å²) in [6, 6.07) is 10.4. The molecule has 1 aliphatic rings. The summed E-state index contributed by atoms with van der Waals surface area (Å²) in [6.07, 6.45) is 2.98. The van der Waals surface area contributed by atoms with Gasteiger partial charge in [0.2, 0.25) is 5.91 Å². The summed E-state index contributed by atoms with van der Waals surface area (Å²) in [5.41, 5.74) is 2.71. The van der Waals surface area contributed by atoms with E-state index in [0.29, 0.717) is 16.1 Å². The SMILES string of the molecule is CC(C)[C@H]1c2nc(NC(=O)Cc3ccc(S(C)(=O)=O)cc3)sc2CN1[C@@H](C)c1ccc(Cl)cn1. The first-order valence-electron chi connectivity index (χ1n) is 11.0. The molecule has 0 saturated carbocycles. The Kier molecular flexibility index (Phi) is 7.09. The number of amides is 1. The number of pyridine rings is 1. The predicted octanol–water partition coefficient (Wildman–Crippen LogP) is 5.05. The summed E-state index contributed by atoms with van der Waals surface area (Å²) < 4.78 is 23.2. The molecule has 2 aromatic heterocycles. The van der Waals surface area contributed by atoms with E-state index in [-0.39, 0.29) is 29.3 Å². The quantitative estimate of drug-likeness (QED) is 0.470. The van der Waals surface area contributed by atoms with E-state index in [2.05, 4.69) is 36.0 Å². The molecule has 3 aromatic rings. The van der Waals surface area contributed by atoms with Crippen LogP contribution in [0.5, 0.6) is 0 Å². The number of rotatable bonds is 7. The Labute approximate surface area is 209 Å². The minimum Gasteiger partial charge on any atom is -0.302 e. The highest BCUT2D eigenvalue weighted by molar-refractivity contribution is 7.90. The molecule has 1 N–H and O–H groups in total. The largest absolute Gasteiger partial charge is 0.302 e. The van der Waals surface area contributed by atoms with Crippen molar-refractivity contribution in [1.29, 1.82) is 0 Å². The lowest BCUT2D eigenvalue weighted by atomic mass is 10.00. The number of carbonyl (C=O) groups is 1. The molecule has 0 saturated heterocycles. The van der Waals surface area contributed by atoms with E-state index in [9.17, 15) is 13.2 Å². The summed E-state index contributed by atoms with van der Waals surface area (Å²) in [7, 11) is -3.26. The maximum atomic E-state index is 12.6. The highest BCUT2D eigenvalue weighted by Crippen LogP contribution is 2.46. The van der Waals surface area contributed by atoms with Gasteiger partial charge in [-0.05, 0) is 42.7 Å². The first kappa shape index (κ1) is 24.8. The van der Waals surface area contributed by atoms with Gasteiger partial charge in [0.15, 0.2) is 15.0 Å². The fraction of sp³-hybridized carbons (Fsp3) is 0.375. The first-order chi connectivity index (χ1) is 16.0. The third-order valence-corrected chi connectivity index (χ3v) is 8.28. The van der Waals surface area contributed by atoms with Crippen molar-refractivity contribution in [2.45, 2.75) is 50.7 Å². The number of sulfone groups is 1. The number of anilines is 1. The van der Waals surface area contributed by atoms with Crippen LogP contribution in [-0.4, -0.2) is 35.4 Å². The first-order valence-corrected chi connectivity index (χ1v) is 14.1. The number of aromatic nitrogens is 2. The van der Waals surface area contributed by atoms with Crippen molar-refractivity contribution in [3.63, 3.8) is 0 Å². The lowest BCUT2D eigenvalue weighted by molar-refractivity contribution is -0.115. The summed E-state index contributed by atoms with van der Waals surface area (Å²) in [5, 5.41) is 4.12. The molecule has 0 bridgehead atoms. The van der Waals surface area contributed by atoms with Crippen molar-refractivity contribution in [1.82, 2.24) is 14.9 Å². The van der Waals surface area contributed by atoms with Gasteiger partial charge in [0.1, 0.15) is 0 Å². The fourth-order valence-electron chi connectivity index (χ4n) is 4.27. The van der Waals surface area contributed by atoms with E-state index >= 15 is 0 Å². The Hall–Kier alpha value is -2.33. The highest BCUT2D eigenvalue weighted by Gasteiger charge is 2.39. The molecule has 4 rings (SSSR count). The number of hydrogen-bond acceptors (Lipinski definition) is 7. The Morgan fingerprint density at radius 2 is 1.91 bits per heavy atom. The van der Waals surface area contributed by atoms with Gasteiger partial charge in [0.25, 0.3) is 0 Å². The van der Waals surface area contributed by atoms with E-state index < -0.39 is 9.84 Å². The number of nitrogens with zero attached hydrogens (tertiary/aromatic N) is 3. The summed E-state index contributed by atoms with van der Waals surface area (Å²) in [4.78, 5) is 25.7. The summed E-state index contributed by atoms with van der Waals surface area (Å²) >= 11 is 7.50. The van der Waals surface area contributed by atoms with E-state index in [4.69, 9.17) is 16.6 Å². The maximum Gasteiger partial charge on any atom is 0.230 e. The Morgan fingerprint density at radius 3 is 2.50 bits per heavy atom. The molecule has 34 heavy (non-hydrogen) atoms. The van der Waals surface area contributed by atoms with Gasteiger partial charge in [-0.1, -0.05) is 37.6 Å². The van der Waals surface area contributed by atoms with Crippen LogP contribution in [0, 0.1) is 5.92 Å². The Bertz CT molecular complexity index is 1290. The van der Waals surface area contributed by atoms with E-state index in [1.54, 1.807) is 18.3 Å². The Morgan fingerprint density at radius 1 is 1.21 bits per heavy atom. The minimum absolute atomic E-state index is 0.0963. The van der Waals surface area contributed by atoms with Gasteiger partial charge in [-0.2, -0.15) is 0 Å². The molecule has 3 heterocycles. The summed E-state index contributed by atoms with van der Waals surface area (Å²) in [5.74, 6) is 0.145. The lowest BCUT2D eigenvalue weighted by Crippen LogP contribution is -2.29. The highest BCUT2D eigenvalue weighted by atomic mass is 35.5. The van der Waals surface area contributed by atoms with Crippen molar-refractivity contribution in [2.75, 3.05) is 11.6 Å². The van der Waals surface area contributed by atoms with Gasteiger partial charge in [0.05, 0.1) is 39.8 Å². The van der Waals surface area contributed by atoms with Gasteiger partial charge in [-0.25, -0.2) is 13.4 Å². The number of carbonyl (C=O) groups excluding carboxylic acids is 1. The van der Waals surface area contributed by atoms with Crippen LogP contribution in [0.15, 0.2) is 47.5 Å². The zero-order valence-electron chi connectivity index (χ0n) is 19.4. The van der Waals surface area contributed by atoms with Crippen LogP contribution in [0.1, 0.15) is 54.7 Å². The second kappa shape index (κ2) is 9.73. The lowest BCUT2D eigenvalue weighted by Gasteiger charge is -2.32. The standard InChI is InChI=1S/C24H27ClN4O3S2/c1-14(2)23-22-20(13-29(23)15(3)19-10-7-17(25)12-26-19)33-24(28-22)27-21(30)11-16-5-8-18(9-6-16)34(4,31)32/h5-10,12,14-15,23H,11,13H2,1-4H3,(H,27,28,30)/t15-,23-/m0/s1. The number of benzene rings is 1. The average Bonchev–Trinajstić information content (AvgIpc) is 3.30. The molecule has 1 aromatic carbocycles. The predicted molar refractivity (Wildman–Crippen MR) is 135 cm³/mol. The van der Waals surface area contributed by atoms with Crippen LogP contribution in [0.3, 0.4) is 0 Å². The average molecular weight is 519 g/mol. The van der Waals surface area contributed by atoms with Crippen LogP contribution in [0.25, 0.3) is 0 Å². The Balaban J connectivity index is 1.45. The van der Waals surface area contributed by atoms with E-state index in [1.165, 1.54) is 23.5 Å². The molecule has 0 aliphatic carbocycles. The van der Waals surface area contributed by atoms with Gasteiger partial charge in [-0.15, -0.1) is 11.3 Å². The van der Waals surface area contributed by atoms with E-state index in [1.807, 2.05) is 12.1 Å². The monoisotopic (exact) mass is 518 g/mol. The molecule has 1 aliphatic heterocycles. The number of fused-ring (bicyclic) bond motifs is 1. The molecule has 0 radical (unpaired) electrons. The van der Waals surface area contributed by atoms with Gasteiger partial charge < -0.3 is 5.32 Å². The molecule has 1 amide bonds. The van der Waals surface area contributed by atoms with Gasteiger partial charge >= 0.3 is 0 Å². The topological polar surface area (TPSA) is 92.3 Å². The van der Waals surface area contributed by atoms with E-state index in [0.717, 1.165) is 34.6 Å². The fourth-order valence-corrected chi connectivity index (χ4v) is 6.04. The molecule has 10 heteroatoms. The number of hydrogen-bond donors (Lipinski definition) is 1. The number of thiazole rings is 1. The second-order valence-corrected chi connectivity index (χ2v) is 12.4. The van der Waals surface area contributed by atoms with Crippen molar-refractivity contribution in [3.05, 3.63) is 69.4 Å². The van der Waals surface area contributed by atoms with Crippen molar-refractivity contribution < 1.29 is 13.2 Å². The third-order valence-electron chi connectivity index (χ3n) is 5.96. The van der Waals surface area contributed by atoms with Gasteiger partial charge in [-0.3, -0.25) is 14.7 Å². The zero-order chi connectivity index (χ0) is 24.6. The molecule has 2 atom stereocenters. The summed E-state index contributed by atoms with van der Waals surface area (Å²) in [6.45, 7) is 7.23. The third kappa shape index (κ3) is 5.33. The van der Waals surface area contributed by atoms with Crippen molar-refractivity contribution >= 4 is 43.8 Å². The minimum atomic E-state index is -3.26. The molecule has 0 fully saturated rings. The molecule has 0 spiro atoms. The smallest absolute Gasteiger partial charge is 0.230 e. The van der Waals surface area contributed by atoms with Crippen LogP contribution in [0.2, 0.25) is 5.02 Å². The van der Waals surface area contributed by atoms with Crippen LogP contribution < -0.4 is 5.32 Å². The molecule has 7 nitrogen and oxygen atoms in total. The maximum absolute atomic E-state index is 12.6. The number of nitrogens with one attached hydrogen (secondary N) is 1. The zero-order valence-corrected chi connectivity index (χ0v) is 21.8. The number of halogens is 1. The van der Waals surface area contributed by atoms with Crippen LogP contribution in [-0.2, 0) is 27.6 Å². The van der Waals surface area contributed by atoms with Crippen molar-refractivity contribution in [2.24, 2.45) is 5.92 Å². The van der Waals surface area contributed by atoms with Crippen LogP contribution >= 0.6 is 22.9 Å². The van der Waals surface area contributed by atoms with Gasteiger partial charge in [0, 0.05) is 23.9 Å². The molecular weight excluding hydrogens is 492 g/mol. The second-order valence-electron chi connectivity index (χ2n) is 8.91.